The zero-order valence-electron chi connectivity index (χ0n) is 4.77. The van der Waals surface area contributed by atoms with Crippen molar-refractivity contribution in [3.63, 3.8) is 0 Å². The number of aliphatic hydroxyl groups is 3. The van der Waals surface area contributed by atoms with Gasteiger partial charge in [-0.15, -0.1) is 0 Å². The molecule has 5 nitrogen and oxygen atoms in total. The van der Waals surface area contributed by atoms with Gasteiger partial charge in [-0.1, -0.05) is 0 Å². The molecule has 0 saturated heterocycles. The fraction of sp³-hybridized carbons (Fsp3) is 1.00. The predicted octanol–water partition coefficient (Wildman–Crippen LogP) is -1.46. The van der Waals surface area contributed by atoms with Gasteiger partial charge in [-0.3, -0.25) is 5.26 Å². The first-order chi connectivity index (χ1) is 4.22. The second kappa shape index (κ2) is 4.66. The summed E-state index contributed by atoms with van der Waals surface area (Å²) in [7, 11) is 0. The van der Waals surface area contributed by atoms with Crippen molar-refractivity contribution >= 4 is 0 Å². The summed E-state index contributed by atoms with van der Waals surface area (Å²) in [4.78, 5) is 3.59. The van der Waals surface area contributed by atoms with Crippen molar-refractivity contribution in [2.45, 2.75) is 18.8 Å². The second-order valence-electron chi connectivity index (χ2n) is 1.57. The van der Waals surface area contributed by atoms with Crippen LogP contribution in [0.5, 0.6) is 0 Å². The Morgan fingerprint density at radius 3 is 2.00 bits per heavy atom. The highest BCUT2D eigenvalue weighted by Crippen LogP contribution is 1.98. The van der Waals surface area contributed by atoms with Crippen LogP contribution < -0.4 is 0 Å². The lowest BCUT2D eigenvalue weighted by Gasteiger charge is -2.12. The summed E-state index contributed by atoms with van der Waals surface area (Å²) in [5.74, 6) is 0. The van der Waals surface area contributed by atoms with Crippen LogP contribution in [0.4, 0.5) is 0 Å². The average Bonchev–Trinajstić information content (AvgIpc) is 1.82. The van der Waals surface area contributed by atoms with Gasteiger partial charge in [0, 0.05) is 13.0 Å². The molecule has 0 bridgehead atoms. The molecule has 0 aliphatic carbocycles. The Hall–Kier alpha value is -0.200. The molecular formula is C4H10O5. The van der Waals surface area contributed by atoms with E-state index in [-0.39, 0.29) is 13.0 Å². The van der Waals surface area contributed by atoms with Crippen LogP contribution in [-0.4, -0.2) is 39.6 Å². The van der Waals surface area contributed by atoms with Crippen LogP contribution in [0, 0.1) is 0 Å². The fourth-order valence-electron chi connectivity index (χ4n) is 0.383. The topological polar surface area (TPSA) is 90.2 Å². The maximum atomic E-state index is 8.30. The van der Waals surface area contributed by atoms with Gasteiger partial charge in [-0.05, 0) is 0 Å². The number of hydrogen-bond donors (Lipinski definition) is 4. The van der Waals surface area contributed by atoms with Gasteiger partial charge in [0.25, 0.3) is 0 Å². The van der Waals surface area contributed by atoms with E-state index in [1.54, 1.807) is 0 Å². The molecule has 0 heterocycles. The molecule has 0 aromatic heterocycles. The third-order valence-electron chi connectivity index (χ3n) is 0.882. The average molecular weight is 138 g/mol. The Labute approximate surface area is 52.1 Å². The Morgan fingerprint density at radius 2 is 1.89 bits per heavy atom. The summed E-state index contributed by atoms with van der Waals surface area (Å²) >= 11 is 0. The maximum Gasteiger partial charge on any atom is 0.181 e. The highest BCUT2D eigenvalue weighted by atomic mass is 17.1. The zero-order valence-corrected chi connectivity index (χ0v) is 4.77. The number of hydrogen-bond acceptors (Lipinski definition) is 5. The quantitative estimate of drug-likeness (QED) is 0.216. The van der Waals surface area contributed by atoms with Gasteiger partial charge in [-0.2, -0.15) is 0 Å². The first-order valence-electron chi connectivity index (χ1n) is 2.49. The van der Waals surface area contributed by atoms with E-state index in [1.165, 1.54) is 0 Å². The molecular weight excluding hydrogens is 128 g/mol. The van der Waals surface area contributed by atoms with Gasteiger partial charge in [0.1, 0.15) is 6.10 Å². The molecule has 56 valence electrons. The highest BCUT2D eigenvalue weighted by molar-refractivity contribution is 4.55. The first-order valence-corrected chi connectivity index (χ1v) is 2.49. The molecule has 0 rings (SSSR count). The van der Waals surface area contributed by atoms with Crippen molar-refractivity contribution in [2.24, 2.45) is 0 Å². The third-order valence-corrected chi connectivity index (χ3v) is 0.882. The van der Waals surface area contributed by atoms with Crippen molar-refractivity contribution in [1.82, 2.24) is 0 Å². The van der Waals surface area contributed by atoms with E-state index in [2.05, 4.69) is 4.89 Å². The number of rotatable bonds is 4. The monoisotopic (exact) mass is 138 g/mol. The van der Waals surface area contributed by atoms with E-state index in [0.717, 1.165) is 0 Å². The van der Waals surface area contributed by atoms with Crippen molar-refractivity contribution in [2.75, 3.05) is 6.61 Å². The minimum Gasteiger partial charge on any atom is -0.396 e. The normalized spacial score (nSPS) is 14.3. The summed E-state index contributed by atoms with van der Waals surface area (Å²) < 4.78 is 0. The smallest absolute Gasteiger partial charge is 0.181 e. The van der Waals surface area contributed by atoms with Crippen molar-refractivity contribution in [3.8, 4) is 0 Å². The lowest BCUT2D eigenvalue weighted by atomic mass is 10.2. The van der Waals surface area contributed by atoms with Crippen molar-refractivity contribution in [1.29, 1.82) is 0 Å². The second-order valence-corrected chi connectivity index (χ2v) is 1.57. The molecule has 0 aliphatic heterocycles. The molecule has 0 spiro atoms. The van der Waals surface area contributed by atoms with Gasteiger partial charge < -0.3 is 15.3 Å². The predicted molar refractivity (Wildman–Crippen MR) is 27.4 cm³/mol. The molecule has 1 unspecified atom stereocenters. The lowest BCUT2D eigenvalue weighted by Crippen LogP contribution is -2.28. The van der Waals surface area contributed by atoms with Crippen LogP contribution >= 0.6 is 0 Å². The van der Waals surface area contributed by atoms with Crippen LogP contribution in [0.2, 0.25) is 0 Å². The molecule has 0 saturated carbocycles. The maximum absolute atomic E-state index is 8.30. The molecule has 1 atom stereocenters. The van der Waals surface area contributed by atoms with Crippen LogP contribution in [0.25, 0.3) is 0 Å². The SMILES string of the molecule is OCCC(OO)C(O)O. The largest absolute Gasteiger partial charge is 0.396 e. The molecule has 9 heavy (non-hydrogen) atoms. The van der Waals surface area contributed by atoms with Gasteiger partial charge >= 0.3 is 0 Å². The first kappa shape index (κ1) is 8.80. The Bertz CT molecular complexity index is 64.0. The third kappa shape index (κ3) is 3.39. The summed E-state index contributed by atoms with van der Waals surface area (Å²) in [5.41, 5.74) is 0. The molecule has 0 aliphatic rings. The lowest BCUT2D eigenvalue weighted by molar-refractivity contribution is -0.322. The minimum atomic E-state index is -1.75. The van der Waals surface area contributed by atoms with Gasteiger partial charge in [-0.25, -0.2) is 4.89 Å². The van der Waals surface area contributed by atoms with E-state index < -0.39 is 12.4 Å². The minimum absolute atomic E-state index is 0.00579. The summed E-state index contributed by atoms with van der Waals surface area (Å²) in [6.45, 7) is -0.261. The molecule has 0 radical (unpaired) electrons. The summed E-state index contributed by atoms with van der Waals surface area (Å²) in [6.07, 6.45) is -2.87. The summed E-state index contributed by atoms with van der Waals surface area (Å²) in [5, 5.41) is 32.7. The van der Waals surface area contributed by atoms with Gasteiger partial charge in [0.2, 0.25) is 0 Å². The molecule has 5 heteroatoms. The number of aliphatic hydroxyl groups excluding tert-OH is 2. The van der Waals surface area contributed by atoms with E-state index in [9.17, 15) is 0 Å². The van der Waals surface area contributed by atoms with E-state index in [1.807, 2.05) is 0 Å². The van der Waals surface area contributed by atoms with Crippen LogP contribution in [-0.2, 0) is 4.89 Å². The zero-order chi connectivity index (χ0) is 7.28. The Morgan fingerprint density at radius 1 is 1.33 bits per heavy atom. The van der Waals surface area contributed by atoms with Crippen LogP contribution in [0.3, 0.4) is 0 Å². The molecule has 0 aromatic rings. The molecule has 4 N–H and O–H groups in total. The van der Waals surface area contributed by atoms with Crippen LogP contribution in [0.1, 0.15) is 6.42 Å². The Kier molecular flexibility index (Phi) is 4.55. The van der Waals surface area contributed by atoms with E-state index in [0.29, 0.717) is 0 Å². The summed E-state index contributed by atoms with van der Waals surface area (Å²) in [6, 6.07) is 0. The van der Waals surface area contributed by atoms with Crippen molar-refractivity contribution < 1.29 is 25.5 Å². The van der Waals surface area contributed by atoms with Crippen LogP contribution in [0.15, 0.2) is 0 Å². The van der Waals surface area contributed by atoms with Crippen molar-refractivity contribution in [3.05, 3.63) is 0 Å². The van der Waals surface area contributed by atoms with Gasteiger partial charge in [0.15, 0.2) is 6.29 Å². The van der Waals surface area contributed by atoms with E-state index >= 15 is 0 Å². The van der Waals surface area contributed by atoms with E-state index in [4.69, 9.17) is 20.6 Å². The molecule has 0 fully saturated rings. The standard InChI is InChI=1S/C4H10O5/c5-2-1-3(9-8)4(6)7/h3-8H,1-2H2. The fourth-order valence-corrected chi connectivity index (χ4v) is 0.383. The molecule has 0 aromatic carbocycles. The Balaban J connectivity index is 3.41. The highest BCUT2D eigenvalue weighted by Gasteiger charge is 2.15. The van der Waals surface area contributed by atoms with Gasteiger partial charge in [0.05, 0.1) is 0 Å². The molecule has 0 amide bonds.